The molecular formula is C20H38NaO5S. The van der Waals surface area contributed by atoms with Gasteiger partial charge >= 0.3 is 16.1 Å². The number of hydrogen-bond acceptors (Lipinski definition) is 5. The number of carbonyl (C=O) groups is 1. The Hall–Kier alpha value is 0.120. The van der Waals surface area contributed by atoms with Gasteiger partial charge in [-0.1, -0.05) is 74.8 Å². The van der Waals surface area contributed by atoms with Gasteiger partial charge in [0.05, 0.1) is 5.75 Å². The standard InChI is InChI=1S/C20H38O5S.Na/c1-3-5-6-7-8-9-10-11-12-13-14-15-16-17-18-19-20(21)24-25-26(22,23)4-2;/h11-12H,3-10,13-19H2,1-2H3;/b12-11-;. The van der Waals surface area contributed by atoms with E-state index in [0.29, 0.717) is 6.42 Å². The van der Waals surface area contributed by atoms with Crippen LogP contribution in [0.15, 0.2) is 12.2 Å². The van der Waals surface area contributed by atoms with Crippen LogP contribution in [0.5, 0.6) is 0 Å². The van der Waals surface area contributed by atoms with Crippen molar-refractivity contribution in [3.05, 3.63) is 12.2 Å². The molecule has 0 aliphatic carbocycles. The first-order chi connectivity index (χ1) is 12.5. The normalized spacial score (nSPS) is 11.5. The molecule has 0 amide bonds. The molecule has 0 fully saturated rings. The number of allylic oxidation sites excluding steroid dienone is 2. The maximum Gasteiger partial charge on any atom is 0.343 e. The molecule has 0 N–H and O–H groups in total. The average Bonchev–Trinajstić information content (AvgIpc) is 2.63. The third-order valence-corrected chi connectivity index (χ3v) is 5.21. The minimum Gasteiger partial charge on any atom is -0.282 e. The van der Waals surface area contributed by atoms with Crippen molar-refractivity contribution in [2.24, 2.45) is 0 Å². The summed E-state index contributed by atoms with van der Waals surface area (Å²) in [5.74, 6) is -0.840. The van der Waals surface area contributed by atoms with Crippen molar-refractivity contribution in [1.29, 1.82) is 0 Å². The molecule has 1 radical (unpaired) electrons. The van der Waals surface area contributed by atoms with E-state index < -0.39 is 16.1 Å². The van der Waals surface area contributed by atoms with E-state index in [1.54, 1.807) is 0 Å². The summed E-state index contributed by atoms with van der Waals surface area (Å²) in [6.07, 6.45) is 20.2. The summed E-state index contributed by atoms with van der Waals surface area (Å²) in [5.41, 5.74) is 0. The molecule has 0 rings (SSSR count). The van der Waals surface area contributed by atoms with Crippen molar-refractivity contribution in [2.75, 3.05) is 5.75 Å². The van der Waals surface area contributed by atoms with E-state index >= 15 is 0 Å². The van der Waals surface area contributed by atoms with Gasteiger partial charge < -0.3 is 0 Å². The molecule has 0 aromatic rings. The Morgan fingerprint density at radius 3 is 1.78 bits per heavy atom. The molecule has 0 saturated carbocycles. The summed E-state index contributed by atoms with van der Waals surface area (Å²) < 4.78 is 26.2. The molecule has 0 saturated heterocycles. The zero-order chi connectivity index (χ0) is 19.5. The molecule has 5 nitrogen and oxygen atoms in total. The van der Waals surface area contributed by atoms with Gasteiger partial charge in [0, 0.05) is 36.0 Å². The summed E-state index contributed by atoms with van der Waals surface area (Å²) in [6.45, 7) is 3.67. The van der Waals surface area contributed by atoms with E-state index in [0.717, 1.165) is 25.7 Å². The fourth-order valence-corrected chi connectivity index (χ4v) is 2.80. The second kappa shape index (κ2) is 20.8. The first-order valence-corrected chi connectivity index (χ1v) is 11.9. The zero-order valence-corrected chi connectivity index (χ0v) is 20.5. The second-order valence-corrected chi connectivity index (χ2v) is 8.53. The predicted molar refractivity (Wildman–Crippen MR) is 112 cm³/mol. The molecule has 0 aromatic heterocycles. The second-order valence-electron chi connectivity index (χ2n) is 6.70. The van der Waals surface area contributed by atoms with Gasteiger partial charge in [0.15, 0.2) is 0 Å². The van der Waals surface area contributed by atoms with Gasteiger partial charge in [0.1, 0.15) is 0 Å². The van der Waals surface area contributed by atoms with Crippen LogP contribution in [0, 0.1) is 0 Å². The van der Waals surface area contributed by atoms with Crippen LogP contribution in [0.2, 0.25) is 0 Å². The summed E-state index contributed by atoms with van der Waals surface area (Å²) in [4.78, 5) is 15.6. The van der Waals surface area contributed by atoms with Crippen molar-refractivity contribution >= 4 is 45.6 Å². The van der Waals surface area contributed by atoms with Crippen molar-refractivity contribution in [3.8, 4) is 0 Å². The Kier molecular flexibility index (Phi) is 22.6. The van der Waals surface area contributed by atoms with Crippen LogP contribution >= 0.6 is 0 Å². The molecule has 0 aliphatic heterocycles. The molecule has 0 spiro atoms. The van der Waals surface area contributed by atoms with Gasteiger partial charge in [-0.05, 0) is 39.0 Å². The molecule has 0 unspecified atom stereocenters. The SMILES string of the molecule is CCCCCCCC/C=C\CCCCCCCC(=O)OOS(=O)(=O)CC.[Na]. The third-order valence-electron chi connectivity index (χ3n) is 4.23. The van der Waals surface area contributed by atoms with E-state index in [1.165, 1.54) is 58.3 Å². The van der Waals surface area contributed by atoms with Crippen molar-refractivity contribution in [3.63, 3.8) is 0 Å². The Balaban J connectivity index is 0. The number of carbonyl (C=O) groups excluding carboxylic acids is 1. The molecule has 0 aliphatic rings. The molecule has 0 atom stereocenters. The van der Waals surface area contributed by atoms with Crippen molar-refractivity contribution < 1.29 is 22.4 Å². The number of hydrogen-bond donors (Lipinski definition) is 0. The quantitative estimate of drug-likeness (QED) is 0.0980. The van der Waals surface area contributed by atoms with Gasteiger partial charge in [0.25, 0.3) is 0 Å². The summed E-state index contributed by atoms with van der Waals surface area (Å²) in [6, 6.07) is 0. The average molecular weight is 414 g/mol. The fraction of sp³-hybridized carbons (Fsp3) is 0.850. The largest absolute Gasteiger partial charge is 0.343 e. The maximum absolute atomic E-state index is 11.3. The summed E-state index contributed by atoms with van der Waals surface area (Å²) in [5, 5.41) is 0. The van der Waals surface area contributed by atoms with Crippen LogP contribution in [0.4, 0.5) is 0 Å². The smallest absolute Gasteiger partial charge is 0.282 e. The van der Waals surface area contributed by atoms with Gasteiger partial charge in [-0.2, -0.15) is 8.42 Å². The van der Waals surface area contributed by atoms with Crippen LogP contribution in [0.25, 0.3) is 0 Å². The van der Waals surface area contributed by atoms with Crippen molar-refractivity contribution in [1.82, 2.24) is 0 Å². The number of rotatable bonds is 18. The molecule has 155 valence electrons. The molecule has 7 heteroatoms. The Morgan fingerprint density at radius 1 is 0.778 bits per heavy atom. The van der Waals surface area contributed by atoms with E-state index in [2.05, 4.69) is 28.3 Å². The Labute approximate surface area is 189 Å². The monoisotopic (exact) mass is 413 g/mol. The van der Waals surface area contributed by atoms with Crippen molar-refractivity contribution in [2.45, 2.75) is 104 Å². The summed E-state index contributed by atoms with van der Waals surface area (Å²) >= 11 is 0. The van der Waals surface area contributed by atoms with Crippen LogP contribution in [-0.2, 0) is 24.1 Å². The predicted octanol–water partition coefficient (Wildman–Crippen LogP) is 5.47. The minimum absolute atomic E-state index is 0. The van der Waals surface area contributed by atoms with Gasteiger partial charge in [0.2, 0.25) is 0 Å². The first kappa shape index (κ1) is 29.3. The minimum atomic E-state index is -3.72. The van der Waals surface area contributed by atoms with Crippen LogP contribution in [0.3, 0.4) is 0 Å². The molecular weight excluding hydrogens is 375 g/mol. The van der Waals surface area contributed by atoms with Crippen LogP contribution in [-0.4, -0.2) is 49.7 Å². The Bertz CT molecular complexity index is 463. The Morgan fingerprint density at radius 2 is 1.26 bits per heavy atom. The zero-order valence-electron chi connectivity index (χ0n) is 17.7. The van der Waals surface area contributed by atoms with Crippen LogP contribution in [0.1, 0.15) is 104 Å². The molecule has 0 aromatic carbocycles. The molecule has 0 bridgehead atoms. The van der Waals surface area contributed by atoms with Gasteiger partial charge in [-0.3, -0.25) is 4.89 Å². The van der Waals surface area contributed by atoms with E-state index in [-0.39, 0.29) is 41.7 Å². The van der Waals surface area contributed by atoms with E-state index in [1.807, 2.05) is 0 Å². The summed E-state index contributed by atoms with van der Waals surface area (Å²) in [7, 11) is -3.72. The van der Waals surface area contributed by atoms with Gasteiger partial charge in [-0.25, -0.2) is 4.79 Å². The van der Waals surface area contributed by atoms with Crippen LogP contribution < -0.4 is 0 Å². The fourth-order valence-electron chi connectivity index (χ4n) is 2.52. The first-order valence-electron chi connectivity index (χ1n) is 10.3. The third kappa shape index (κ3) is 22.3. The number of unbranched alkanes of at least 4 members (excludes halogenated alkanes) is 11. The van der Waals surface area contributed by atoms with E-state index in [4.69, 9.17) is 0 Å². The maximum atomic E-state index is 11.3. The van der Waals surface area contributed by atoms with Gasteiger partial charge in [-0.15, -0.1) is 0 Å². The molecule has 0 heterocycles. The molecule has 27 heavy (non-hydrogen) atoms. The topological polar surface area (TPSA) is 69.7 Å². The van der Waals surface area contributed by atoms with E-state index in [9.17, 15) is 13.2 Å².